The highest BCUT2D eigenvalue weighted by Crippen LogP contribution is 2.20. The molecule has 0 aromatic rings. The van der Waals surface area contributed by atoms with Crippen LogP contribution in [0.2, 0.25) is 0 Å². The molecule has 0 aromatic carbocycles. The van der Waals surface area contributed by atoms with E-state index in [-0.39, 0.29) is 0 Å². The van der Waals surface area contributed by atoms with Crippen LogP contribution >= 0.6 is 0 Å². The van der Waals surface area contributed by atoms with Crippen LogP contribution in [0.5, 0.6) is 0 Å². The first-order valence-corrected chi connectivity index (χ1v) is 5.35. The van der Waals surface area contributed by atoms with E-state index in [2.05, 4.69) is 32.6 Å². The molecular weight excluding hydrogens is 146 g/mol. The van der Waals surface area contributed by atoms with Crippen LogP contribution in [0.1, 0.15) is 40.5 Å². The van der Waals surface area contributed by atoms with Crippen molar-refractivity contribution in [2.75, 3.05) is 13.1 Å². The molecule has 1 saturated heterocycles. The highest BCUT2D eigenvalue weighted by atomic mass is 15.2. The van der Waals surface area contributed by atoms with E-state index >= 15 is 0 Å². The third-order valence-corrected chi connectivity index (χ3v) is 3.23. The predicted octanol–water partition coefficient (Wildman–Crippen LogP) is 2.76. The Balaban J connectivity index is 2.40. The van der Waals surface area contributed by atoms with Gasteiger partial charge in [0.05, 0.1) is 0 Å². The molecule has 0 amide bonds. The van der Waals surface area contributed by atoms with Crippen molar-refractivity contribution in [3.8, 4) is 0 Å². The zero-order chi connectivity index (χ0) is 9.14. The second-order valence-corrected chi connectivity index (χ2v) is 4.73. The fraction of sp³-hybridized carbons (Fsp3) is 1.00. The van der Waals surface area contributed by atoms with Gasteiger partial charge in [0, 0.05) is 12.6 Å². The lowest BCUT2D eigenvalue weighted by atomic mass is 9.96. The van der Waals surface area contributed by atoms with E-state index in [0.29, 0.717) is 0 Å². The van der Waals surface area contributed by atoms with Crippen LogP contribution in [-0.2, 0) is 0 Å². The Labute approximate surface area is 77.1 Å². The summed E-state index contributed by atoms with van der Waals surface area (Å²) >= 11 is 0. The molecule has 2 atom stereocenters. The molecule has 1 aliphatic heterocycles. The van der Waals surface area contributed by atoms with Crippen LogP contribution in [0.25, 0.3) is 0 Å². The average Bonchev–Trinajstić information content (AvgIpc) is 2.03. The first-order valence-electron chi connectivity index (χ1n) is 5.35. The quantitative estimate of drug-likeness (QED) is 0.614. The summed E-state index contributed by atoms with van der Waals surface area (Å²) in [4.78, 5) is 2.65. The molecule has 1 heteroatoms. The molecule has 0 spiro atoms. The summed E-state index contributed by atoms with van der Waals surface area (Å²) in [6, 6.07) is 0.771. The minimum atomic E-state index is 0.771. The van der Waals surface area contributed by atoms with Gasteiger partial charge in [-0.25, -0.2) is 0 Å². The lowest BCUT2D eigenvalue weighted by Crippen LogP contribution is -2.42. The Hall–Kier alpha value is -0.0400. The number of hydrogen-bond acceptors (Lipinski definition) is 1. The van der Waals surface area contributed by atoms with Gasteiger partial charge in [-0.05, 0) is 38.1 Å². The number of rotatable bonds is 2. The molecule has 0 aromatic heterocycles. The van der Waals surface area contributed by atoms with Crippen LogP contribution in [0.4, 0.5) is 0 Å². The molecule has 0 bridgehead atoms. The molecule has 1 heterocycles. The minimum absolute atomic E-state index is 0.771. The van der Waals surface area contributed by atoms with Crippen molar-refractivity contribution in [2.45, 2.75) is 46.6 Å². The summed E-state index contributed by atoms with van der Waals surface area (Å²) in [5.74, 6) is 1.72. The first kappa shape index (κ1) is 10.0. The highest BCUT2D eigenvalue weighted by molar-refractivity contribution is 4.76. The maximum absolute atomic E-state index is 2.65. The van der Waals surface area contributed by atoms with E-state index in [1.165, 1.54) is 25.9 Å². The summed E-state index contributed by atoms with van der Waals surface area (Å²) < 4.78 is 0. The molecule has 72 valence electrons. The summed E-state index contributed by atoms with van der Waals surface area (Å²) in [5.41, 5.74) is 0. The second kappa shape index (κ2) is 4.27. The minimum Gasteiger partial charge on any atom is -0.300 e. The molecule has 0 N–H and O–H groups in total. The second-order valence-electron chi connectivity index (χ2n) is 4.73. The zero-order valence-corrected chi connectivity index (χ0v) is 9.01. The van der Waals surface area contributed by atoms with E-state index in [0.717, 1.165) is 17.9 Å². The van der Waals surface area contributed by atoms with Gasteiger partial charge in [-0.1, -0.05) is 20.8 Å². The van der Waals surface area contributed by atoms with Crippen LogP contribution in [-0.4, -0.2) is 24.0 Å². The largest absolute Gasteiger partial charge is 0.300 e. The average molecular weight is 169 g/mol. The first-order chi connectivity index (χ1) is 5.61. The molecule has 0 saturated carbocycles. The Bertz CT molecular complexity index is 131. The van der Waals surface area contributed by atoms with Crippen molar-refractivity contribution in [2.24, 2.45) is 11.8 Å². The molecule has 1 aliphatic rings. The molecule has 1 rings (SSSR count). The lowest BCUT2D eigenvalue weighted by molar-refractivity contribution is 0.112. The van der Waals surface area contributed by atoms with Crippen LogP contribution < -0.4 is 0 Å². The van der Waals surface area contributed by atoms with Crippen molar-refractivity contribution < 1.29 is 0 Å². The van der Waals surface area contributed by atoms with Gasteiger partial charge in [0.1, 0.15) is 0 Å². The lowest BCUT2D eigenvalue weighted by Gasteiger charge is -2.37. The molecule has 0 radical (unpaired) electrons. The van der Waals surface area contributed by atoms with Crippen LogP contribution in [0, 0.1) is 11.8 Å². The SMILES string of the molecule is CC(C)[C@@H](C)N1CCC[C@H](C)C1. The van der Waals surface area contributed by atoms with Crippen LogP contribution in [0.3, 0.4) is 0 Å². The van der Waals surface area contributed by atoms with Gasteiger partial charge < -0.3 is 4.90 Å². The fourth-order valence-electron chi connectivity index (χ4n) is 2.02. The van der Waals surface area contributed by atoms with E-state index in [4.69, 9.17) is 0 Å². The summed E-state index contributed by atoms with van der Waals surface area (Å²) in [6.45, 7) is 12.0. The molecule has 0 aliphatic carbocycles. The molecule has 12 heavy (non-hydrogen) atoms. The monoisotopic (exact) mass is 169 g/mol. The van der Waals surface area contributed by atoms with Crippen molar-refractivity contribution in [1.82, 2.24) is 4.90 Å². The number of nitrogens with zero attached hydrogens (tertiary/aromatic N) is 1. The van der Waals surface area contributed by atoms with Gasteiger partial charge in [0.15, 0.2) is 0 Å². The summed E-state index contributed by atoms with van der Waals surface area (Å²) in [5, 5.41) is 0. The molecular formula is C11H23N. The Morgan fingerprint density at radius 1 is 1.25 bits per heavy atom. The maximum atomic E-state index is 2.65. The number of hydrogen-bond donors (Lipinski definition) is 0. The van der Waals surface area contributed by atoms with Crippen molar-refractivity contribution in [1.29, 1.82) is 0 Å². The van der Waals surface area contributed by atoms with E-state index in [1.807, 2.05) is 0 Å². The maximum Gasteiger partial charge on any atom is 0.00900 e. The van der Waals surface area contributed by atoms with E-state index < -0.39 is 0 Å². The van der Waals surface area contributed by atoms with Gasteiger partial charge in [0.2, 0.25) is 0 Å². The predicted molar refractivity (Wildman–Crippen MR) is 54.3 cm³/mol. The molecule has 1 nitrogen and oxygen atoms in total. The number of piperidine rings is 1. The Kier molecular flexibility index (Phi) is 3.57. The smallest absolute Gasteiger partial charge is 0.00900 e. The molecule has 1 fully saturated rings. The van der Waals surface area contributed by atoms with Gasteiger partial charge in [0.25, 0.3) is 0 Å². The van der Waals surface area contributed by atoms with Crippen molar-refractivity contribution in [3.05, 3.63) is 0 Å². The topological polar surface area (TPSA) is 3.24 Å². The normalized spacial score (nSPS) is 29.2. The third kappa shape index (κ3) is 2.48. The standard InChI is InChI=1S/C11H23N/c1-9(2)11(4)12-7-5-6-10(3)8-12/h9-11H,5-8H2,1-4H3/t10-,11+/m0/s1. The van der Waals surface area contributed by atoms with Crippen LogP contribution in [0.15, 0.2) is 0 Å². The van der Waals surface area contributed by atoms with Gasteiger partial charge in [-0.15, -0.1) is 0 Å². The van der Waals surface area contributed by atoms with Gasteiger partial charge in [-0.2, -0.15) is 0 Å². The third-order valence-electron chi connectivity index (χ3n) is 3.23. The highest BCUT2D eigenvalue weighted by Gasteiger charge is 2.22. The zero-order valence-electron chi connectivity index (χ0n) is 9.01. The van der Waals surface area contributed by atoms with Gasteiger partial charge in [-0.3, -0.25) is 0 Å². The summed E-state index contributed by atoms with van der Waals surface area (Å²) in [6.07, 6.45) is 2.83. The summed E-state index contributed by atoms with van der Waals surface area (Å²) in [7, 11) is 0. The molecule has 0 unspecified atom stereocenters. The van der Waals surface area contributed by atoms with Crippen molar-refractivity contribution in [3.63, 3.8) is 0 Å². The van der Waals surface area contributed by atoms with Crippen molar-refractivity contribution >= 4 is 0 Å². The Morgan fingerprint density at radius 2 is 1.92 bits per heavy atom. The van der Waals surface area contributed by atoms with E-state index in [9.17, 15) is 0 Å². The number of likely N-dealkylation sites (tertiary alicyclic amines) is 1. The Morgan fingerprint density at radius 3 is 2.42 bits per heavy atom. The van der Waals surface area contributed by atoms with E-state index in [1.54, 1.807) is 0 Å². The fourth-order valence-corrected chi connectivity index (χ4v) is 2.02. The van der Waals surface area contributed by atoms with Gasteiger partial charge >= 0.3 is 0 Å².